The Kier molecular flexibility index (Phi) is 4.01. The van der Waals surface area contributed by atoms with E-state index in [0.717, 1.165) is 24.5 Å². The van der Waals surface area contributed by atoms with Crippen molar-refractivity contribution in [3.05, 3.63) is 41.0 Å². The van der Waals surface area contributed by atoms with Crippen LogP contribution in [-0.4, -0.2) is 34.6 Å². The van der Waals surface area contributed by atoms with Crippen LogP contribution in [0.2, 0.25) is 0 Å². The third kappa shape index (κ3) is 3.18. The van der Waals surface area contributed by atoms with Gasteiger partial charge in [0.2, 0.25) is 5.91 Å². The summed E-state index contributed by atoms with van der Waals surface area (Å²) < 4.78 is 39.5. The van der Waals surface area contributed by atoms with Crippen molar-refractivity contribution in [2.75, 3.05) is 13.1 Å². The molecule has 0 radical (unpaired) electrons. The molecule has 2 fully saturated rings. The third-order valence-corrected chi connectivity index (χ3v) is 6.40. The van der Waals surface area contributed by atoms with Gasteiger partial charge in [-0.15, -0.1) is 0 Å². The highest BCUT2D eigenvalue weighted by molar-refractivity contribution is 5.82. The van der Waals surface area contributed by atoms with E-state index in [2.05, 4.69) is 6.08 Å². The predicted octanol–water partition coefficient (Wildman–Crippen LogP) is 4.18. The summed E-state index contributed by atoms with van der Waals surface area (Å²) in [6.07, 6.45) is 0.378. The lowest BCUT2D eigenvalue weighted by Gasteiger charge is -2.51. The van der Waals surface area contributed by atoms with Gasteiger partial charge in [-0.2, -0.15) is 13.2 Å². The van der Waals surface area contributed by atoms with Gasteiger partial charge in [0.1, 0.15) is 0 Å². The number of rotatable bonds is 2. The van der Waals surface area contributed by atoms with Crippen LogP contribution in [0.1, 0.15) is 49.3 Å². The van der Waals surface area contributed by atoms with Crippen LogP contribution in [0.5, 0.6) is 0 Å². The first kappa shape index (κ1) is 18.5. The summed E-state index contributed by atoms with van der Waals surface area (Å²) in [5, 5.41) is 9.82. The molecule has 0 aromatic heterocycles. The summed E-state index contributed by atoms with van der Waals surface area (Å²) >= 11 is 0. The molecule has 27 heavy (non-hydrogen) atoms. The zero-order valence-electron chi connectivity index (χ0n) is 15.6. The average Bonchev–Trinajstić information content (AvgIpc) is 2.95. The quantitative estimate of drug-likeness (QED) is 0.837. The van der Waals surface area contributed by atoms with E-state index < -0.39 is 17.3 Å². The van der Waals surface area contributed by atoms with Crippen molar-refractivity contribution >= 4 is 11.5 Å². The summed E-state index contributed by atoms with van der Waals surface area (Å²) in [5.41, 5.74) is 0.503. The average molecular weight is 379 g/mol. The first-order chi connectivity index (χ1) is 12.5. The number of hydrogen-bond donors (Lipinski definition) is 1. The van der Waals surface area contributed by atoms with Crippen molar-refractivity contribution in [3.63, 3.8) is 0 Å². The summed E-state index contributed by atoms with van der Waals surface area (Å²) in [4.78, 5) is 14.3. The minimum absolute atomic E-state index is 0.0899. The van der Waals surface area contributed by atoms with E-state index in [4.69, 9.17) is 0 Å². The van der Waals surface area contributed by atoms with E-state index in [1.807, 2.05) is 4.90 Å². The molecule has 1 aromatic carbocycles. The largest absolute Gasteiger partial charge is 0.416 e. The first-order valence-electron chi connectivity index (χ1n) is 9.40. The number of aliphatic hydroxyl groups is 1. The Morgan fingerprint density at radius 2 is 1.93 bits per heavy atom. The molecule has 146 valence electrons. The van der Waals surface area contributed by atoms with Crippen LogP contribution in [-0.2, 0) is 11.0 Å². The highest BCUT2D eigenvalue weighted by Gasteiger charge is 2.51. The van der Waals surface area contributed by atoms with Gasteiger partial charge in [-0.3, -0.25) is 4.79 Å². The fraction of sp³-hybridized carbons (Fsp3) is 0.571. The van der Waals surface area contributed by atoms with Crippen molar-refractivity contribution in [1.29, 1.82) is 0 Å². The number of allylic oxidation sites excluding steroid dienone is 1. The van der Waals surface area contributed by atoms with Crippen molar-refractivity contribution < 1.29 is 23.1 Å². The molecule has 3 aliphatic rings. The maximum absolute atomic E-state index is 13.2. The molecule has 1 amide bonds. The number of carbonyl (C=O) groups excluding carboxylic acids is 1. The third-order valence-electron chi connectivity index (χ3n) is 6.40. The molecule has 1 heterocycles. The molecular weight excluding hydrogens is 355 g/mol. The molecule has 6 heteroatoms. The number of nitrogens with zero attached hydrogens (tertiary/aromatic N) is 1. The van der Waals surface area contributed by atoms with Crippen molar-refractivity contribution in [2.45, 2.75) is 51.3 Å². The maximum atomic E-state index is 13.2. The lowest BCUT2D eigenvalue weighted by atomic mass is 9.70. The van der Waals surface area contributed by atoms with Gasteiger partial charge in [0.15, 0.2) is 0 Å². The second-order valence-corrected chi connectivity index (χ2v) is 8.80. The van der Waals surface area contributed by atoms with Gasteiger partial charge in [0.25, 0.3) is 0 Å². The number of carbonyl (C=O) groups is 1. The molecule has 0 atom stereocenters. The molecule has 1 saturated carbocycles. The standard InChI is InChI=1S/C21H24F3NO2/c1-13-16(4-3-5-17(13)21(22,23)24)14-6-7-20(10-14)11-25(12-20)18(26)15-8-19(2,27)9-15/h3-5,10,15,27H,6-9,11-12H2,1-2H3. The molecular formula is C21H24F3NO2. The number of likely N-dealkylation sites (tertiary alicyclic amines) is 1. The van der Waals surface area contributed by atoms with E-state index in [-0.39, 0.29) is 22.8 Å². The van der Waals surface area contributed by atoms with Crippen molar-refractivity contribution in [1.82, 2.24) is 4.90 Å². The van der Waals surface area contributed by atoms with Crippen LogP contribution in [0.15, 0.2) is 24.3 Å². The predicted molar refractivity (Wildman–Crippen MR) is 95.8 cm³/mol. The Labute approximate surface area is 156 Å². The van der Waals surface area contributed by atoms with E-state index >= 15 is 0 Å². The topological polar surface area (TPSA) is 40.5 Å². The van der Waals surface area contributed by atoms with Gasteiger partial charge >= 0.3 is 6.18 Å². The number of halogens is 3. The molecule has 1 aromatic rings. The van der Waals surface area contributed by atoms with Crippen molar-refractivity contribution in [2.24, 2.45) is 11.3 Å². The van der Waals surface area contributed by atoms with E-state index in [1.165, 1.54) is 13.0 Å². The zero-order chi connectivity index (χ0) is 19.6. The second kappa shape index (κ2) is 5.84. The number of benzene rings is 1. The van der Waals surface area contributed by atoms with E-state index in [0.29, 0.717) is 31.5 Å². The monoisotopic (exact) mass is 379 g/mol. The van der Waals surface area contributed by atoms with Gasteiger partial charge in [-0.25, -0.2) is 0 Å². The summed E-state index contributed by atoms with van der Waals surface area (Å²) in [6.45, 7) is 4.54. The van der Waals surface area contributed by atoms with Gasteiger partial charge in [-0.1, -0.05) is 18.2 Å². The van der Waals surface area contributed by atoms with Gasteiger partial charge in [0, 0.05) is 24.4 Å². The minimum Gasteiger partial charge on any atom is -0.390 e. The number of amides is 1. The Hall–Kier alpha value is -1.82. The Morgan fingerprint density at radius 1 is 1.26 bits per heavy atom. The number of alkyl halides is 3. The smallest absolute Gasteiger partial charge is 0.390 e. The Balaban J connectivity index is 1.47. The van der Waals surface area contributed by atoms with Crippen molar-refractivity contribution in [3.8, 4) is 0 Å². The fourth-order valence-electron chi connectivity index (χ4n) is 4.95. The lowest BCUT2D eigenvalue weighted by molar-refractivity contribution is -0.159. The van der Waals surface area contributed by atoms with Crippen LogP contribution in [0.4, 0.5) is 13.2 Å². The van der Waals surface area contributed by atoms with Crippen LogP contribution in [0, 0.1) is 18.3 Å². The molecule has 1 aliphatic heterocycles. The summed E-state index contributed by atoms with van der Waals surface area (Å²) in [7, 11) is 0. The van der Waals surface area contributed by atoms with Gasteiger partial charge in [-0.05, 0) is 62.3 Å². The zero-order valence-corrected chi connectivity index (χ0v) is 15.6. The molecule has 3 nitrogen and oxygen atoms in total. The van der Waals surface area contributed by atoms with Crippen LogP contribution in [0.3, 0.4) is 0 Å². The van der Waals surface area contributed by atoms with E-state index in [1.54, 1.807) is 13.0 Å². The number of hydrogen-bond acceptors (Lipinski definition) is 2. The summed E-state index contributed by atoms with van der Waals surface area (Å²) in [6, 6.07) is 4.35. The van der Waals surface area contributed by atoms with Gasteiger partial charge < -0.3 is 10.0 Å². The molecule has 1 N–H and O–H groups in total. The Bertz CT molecular complexity index is 811. The second-order valence-electron chi connectivity index (χ2n) is 8.80. The first-order valence-corrected chi connectivity index (χ1v) is 9.40. The normalized spacial score (nSPS) is 29.3. The molecule has 0 bridgehead atoms. The molecule has 0 unspecified atom stereocenters. The van der Waals surface area contributed by atoms with Gasteiger partial charge in [0.05, 0.1) is 11.2 Å². The van der Waals surface area contributed by atoms with E-state index in [9.17, 15) is 23.1 Å². The Morgan fingerprint density at radius 3 is 2.52 bits per heavy atom. The minimum atomic E-state index is -4.35. The lowest BCUT2D eigenvalue weighted by Crippen LogP contribution is -2.60. The highest BCUT2D eigenvalue weighted by Crippen LogP contribution is 2.49. The van der Waals surface area contributed by atoms with Crippen LogP contribution < -0.4 is 0 Å². The summed E-state index contributed by atoms with van der Waals surface area (Å²) in [5.74, 6) is 0.0113. The molecule has 1 spiro atoms. The SMILES string of the molecule is Cc1c(C2=CC3(CC2)CN(C(=O)C2CC(C)(O)C2)C3)cccc1C(F)(F)F. The van der Waals surface area contributed by atoms with Crippen LogP contribution in [0.25, 0.3) is 5.57 Å². The fourth-order valence-corrected chi connectivity index (χ4v) is 4.95. The highest BCUT2D eigenvalue weighted by atomic mass is 19.4. The molecule has 1 saturated heterocycles. The van der Waals surface area contributed by atoms with Crippen LogP contribution >= 0.6 is 0 Å². The molecule has 2 aliphatic carbocycles. The maximum Gasteiger partial charge on any atom is 0.416 e. The molecule has 4 rings (SSSR count).